The molecule has 0 amide bonds. The summed E-state index contributed by atoms with van der Waals surface area (Å²) in [4.78, 5) is 8.33. The molecule has 0 aliphatic heterocycles. The lowest BCUT2D eigenvalue weighted by Gasteiger charge is -2.19. The molecule has 1 unspecified atom stereocenters. The third-order valence-electron chi connectivity index (χ3n) is 3.40. The zero-order valence-electron chi connectivity index (χ0n) is 11.9. The summed E-state index contributed by atoms with van der Waals surface area (Å²) < 4.78 is 0. The molecular weight excluding hydrogens is 248 g/mol. The van der Waals surface area contributed by atoms with Crippen LogP contribution in [-0.2, 0) is 6.54 Å². The van der Waals surface area contributed by atoms with E-state index in [1.807, 2.05) is 24.4 Å². The minimum atomic E-state index is 0.309. The third kappa shape index (κ3) is 4.03. The first-order valence-electron chi connectivity index (χ1n) is 7.14. The second kappa shape index (κ2) is 7.60. The van der Waals surface area contributed by atoms with E-state index in [4.69, 9.17) is 5.73 Å². The predicted molar refractivity (Wildman–Crippen MR) is 82.0 cm³/mol. The SMILES string of the molecule is CCCCC(NCc1cccnc1N)c1cccnc1. The van der Waals surface area contributed by atoms with Gasteiger partial charge >= 0.3 is 0 Å². The second-order valence-corrected chi connectivity index (χ2v) is 4.91. The highest BCUT2D eigenvalue weighted by Gasteiger charge is 2.11. The molecule has 0 fully saturated rings. The Kier molecular flexibility index (Phi) is 5.50. The molecule has 2 aromatic heterocycles. The molecule has 0 saturated heterocycles. The number of rotatable bonds is 7. The van der Waals surface area contributed by atoms with Crippen LogP contribution >= 0.6 is 0 Å². The molecule has 3 N–H and O–H groups in total. The first-order valence-corrected chi connectivity index (χ1v) is 7.14. The summed E-state index contributed by atoms with van der Waals surface area (Å²) in [6.45, 7) is 2.93. The summed E-state index contributed by atoms with van der Waals surface area (Å²) in [6.07, 6.45) is 8.93. The molecule has 2 rings (SSSR count). The van der Waals surface area contributed by atoms with Gasteiger partial charge in [0.15, 0.2) is 0 Å². The van der Waals surface area contributed by atoms with E-state index in [0.29, 0.717) is 11.9 Å². The fraction of sp³-hybridized carbons (Fsp3) is 0.375. The Hall–Kier alpha value is -1.94. The van der Waals surface area contributed by atoms with Crippen LogP contribution in [0.25, 0.3) is 0 Å². The number of anilines is 1. The van der Waals surface area contributed by atoms with Gasteiger partial charge in [-0.05, 0) is 24.1 Å². The normalized spacial score (nSPS) is 12.2. The quantitative estimate of drug-likeness (QED) is 0.811. The molecule has 0 bridgehead atoms. The van der Waals surface area contributed by atoms with Gasteiger partial charge in [-0.25, -0.2) is 4.98 Å². The van der Waals surface area contributed by atoms with Gasteiger partial charge in [-0.15, -0.1) is 0 Å². The zero-order valence-corrected chi connectivity index (χ0v) is 11.9. The minimum Gasteiger partial charge on any atom is -0.383 e. The molecule has 0 aromatic carbocycles. The van der Waals surface area contributed by atoms with E-state index in [1.165, 1.54) is 18.4 Å². The van der Waals surface area contributed by atoms with E-state index >= 15 is 0 Å². The van der Waals surface area contributed by atoms with Crippen molar-refractivity contribution in [1.29, 1.82) is 0 Å². The van der Waals surface area contributed by atoms with Crippen molar-refractivity contribution in [2.24, 2.45) is 0 Å². The number of nitrogen functional groups attached to an aromatic ring is 1. The number of aromatic nitrogens is 2. The number of nitrogens with zero attached hydrogens (tertiary/aromatic N) is 2. The van der Waals surface area contributed by atoms with Crippen molar-refractivity contribution in [3.8, 4) is 0 Å². The summed E-state index contributed by atoms with van der Waals surface area (Å²) in [5.41, 5.74) is 8.15. The van der Waals surface area contributed by atoms with Gasteiger partial charge < -0.3 is 11.1 Å². The number of pyridine rings is 2. The average molecular weight is 270 g/mol. The summed E-state index contributed by atoms with van der Waals surface area (Å²) in [7, 11) is 0. The van der Waals surface area contributed by atoms with Crippen LogP contribution < -0.4 is 11.1 Å². The van der Waals surface area contributed by atoms with E-state index in [2.05, 4.69) is 28.3 Å². The lowest BCUT2D eigenvalue weighted by Crippen LogP contribution is -2.21. The van der Waals surface area contributed by atoms with E-state index < -0.39 is 0 Å². The monoisotopic (exact) mass is 270 g/mol. The molecule has 0 saturated carbocycles. The molecule has 20 heavy (non-hydrogen) atoms. The largest absolute Gasteiger partial charge is 0.383 e. The summed E-state index contributed by atoms with van der Waals surface area (Å²) in [5.74, 6) is 0.598. The predicted octanol–water partition coefficient (Wildman–Crippen LogP) is 3.08. The minimum absolute atomic E-state index is 0.309. The summed E-state index contributed by atoms with van der Waals surface area (Å²) >= 11 is 0. The molecule has 0 spiro atoms. The molecule has 0 aliphatic carbocycles. The number of hydrogen-bond donors (Lipinski definition) is 2. The standard InChI is InChI=1S/C16H22N4/c1-2-3-8-15(13-6-4-9-18-11-13)20-12-14-7-5-10-19-16(14)17/h4-7,9-11,15,20H,2-3,8,12H2,1H3,(H2,17,19). The molecular formula is C16H22N4. The van der Waals surface area contributed by atoms with Gasteiger partial charge in [0.25, 0.3) is 0 Å². The molecule has 4 nitrogen and oxygen atoms in total. The molecule has 4 heteroatoms. The zero-order chi connectivity index (χ0) is 14.2. The lowest BCUT2D eigenvalue weighted by molar-refractivity contribution is 0.479. The van der Waals surface area contributed by atoms with Crippen molar-refractivity contribution >= 4 is 5.82 Å². The topological polar surface area (TPSA) is 63.8 Å². The van der Waals surface area contributed by atoms with Crippen LogP contribution in [0.15, 0.2) is 42.9 Å². The fourth-order valence-corrected chi connectivity index (χ4v) is 2.21. The molecule has 0 radical (unpaired) electrons. The number of nitrogens with one attached hydrogen (secondary N) is 1. The third-order valence-corrected chi connectivity index (χ3v) is 3.40. The molecule has 1 atom stereocenters. The summed E-state index contributed by atoms with van der Waals surface area (Å²) in [5, 5.41) is 3.57. The maximum atomic E-state index is 5.88. The average Bonchev–Trinajstić information content (AvgIpc) is 2.50. The Labute approximate surface area is 120 Å². The van der Waals surface area contributed by atoms with Crippen LogP contribution in [0.1, 0.15) is 43.4 Å². The van der Waals surface area contributed by atoms with Crippen molar-refractivity contribution in [2.75, 3.05) is 5.73 Å². The number of unbranched alkanes of at least 4 members (excludes halogenated alkanes) is 1. The lowest BCUT2D eigenvalue weighted by atomic mass is 10.0. The Bertz CT molecular complexity index is 513. The van der Waals surface area contributed by atoms with E-state index in [0.717, 1.165) is 18.5 Å². The first-order chi connectivity index (χ1) is 9.81. The number of nitrogens with two attached hydrogens (primary N) is 1. The van der Waals surface area contributed by atoms with Crippen LogP contribution in [0.4, 0.5) is 5.82 Å². The molecule has 2 heterocycles. The van der Waals surface area contributed by atoms with Gasteiger partial charge in [-0.3, -0.25) is 4.98 Å². The Balaban J connectivity index is 2.03. The highest BCUT2D eigenvalue weighted by atomic mass is 14.9. The summed E-state index contributed by atoms with van der Waals surface area (Å²) in [6, 6.07) is 8.33. The Morgan fingerprint density at radius 1 is 1.25 bits per heavy atom. The number of hydrogen-bond acceptors (Lipinski definition) is 4. The molecule has 106 valence electrons. The van der Waals surface area contributed by atoms with Gasteiger partial charge in [0, 0.05) is 36.7 Å². The van der Waals surface area contributed by atoms with Crippen LogP contribution in [0, 0.1) is 0 Å². The van der Waals surface area contributed by atoms with Gasteiger partial charge in [0.1, 0.15) is 5.82 Å². The highest BCUT2D eigenvalue weighted by molar-refractivity contribution is 5.38. The smallest absolute Gasteiger partial charge is 0.127 e. The maximum Gasteiger partial charge on any atom is 0.127 e. The Morgan fingerprint density at radius 2 is 2.10 bits per heavy atom. The van der Waals surface area contributed by atoms with Crippen molar-refractivity contribution in [1.82, 2.24) is 15.3 Å². The molecule has 0 aliphatic rings. The maximum absolute atomic E-state index is 5.88. The van der Waals surface area contributed by atoms with E-state index in [9.17, 15) is 0 Å². The highest BCUT2D eigenvalue weighted by Crippen LogP contribution is 2.19. The van der Waals surface area contributed by atoms with Crippen molar-refractivity contribution in [3.63, 3.8) is 0 Å². The van der Waals surface area contributed by atoms with Gasteiger partial charge in [0.2, 0.25) is 0 Å². The van der Waals surface area contributed by atoms with Crippen molar-refractivity contribution in [2.45, 2.75) is 38.8 Å². The van der Waals surface area contributed by atoms with Crippen molar-refractivity contribution < 1.29 is 0 Å². The van der Waals surface area contributed by atoms with Crippen molar-refractivity contribution in [3.05, 3.63) is 54.0 Å². The molecule has 2 aromatic rings. The fourth-order valence-electron chi connectivity index (χ4n) is 2.21. The van der Waals surface area contributed by atoms with E-state index in [1.54, 1.807) is 12.4 Å². The van der Waals surface area contributed by atoms with Crippen LogP contribution in [0.5, 0.6) is 0 Å². The second-order valence-electron chi connectivity index (χ2n) is 4.91. The Morgan fingerprint density at radius 3 is 2.80 bits per heavy atom. The first kappa shape index (κ1) is 14.5. The van der Waals surface area contributed by atoms with Gasteiger partial charge in [0.05, 0.1) is 0 Å². The van der Waals surface area contributed by atoms with Crippen LogP contribution in [-0.4, -0.2) is 9.97 Å². The van der Waals surface area contributed by atoms with E-state index in [-0.39, 0.29) is 0 Å². The van der Waals surface area contributed by atoms with Crippen LogP contribution in [0.2, 0.25) is 0 Å². The van der Waals surface area contributed by atoms with Crippen LogP contribution in [0.3, 0.4) is 0 Å². The van der Waals surface area contributed by atoms with Gasteiger partial charge in [-0.1, -0.05) is 31.9 Å². The van der Waals surface area contributed by atoms with Gasteiger partial charge in [-0.2, -0.15) is 0 Å².